The quantitative estimate of drug-likeness (QED) is 0.722. The molecule has 1 aromatic heterocycles. The van der Waals surface area contributed by atoms with Gasteiger partial charge >= 0.3 is 0 Å². The Morgan fingerprint density at radius 1 is 1.47 bits per heavy atom. The summed E-state index contributed by atoms with van der Waals surface area (Å²) >= 11 is 1.82. The van der Waals surface area contributed by atoms with E-state index in [2.05, 4.69) is 29.2 Å². The van der Waals surface area contributed by atoms with Gasteiger partial charge in [-0.15, -0.1) is 11.3 Å². The summed E-state index contributed by atoms with van der Waals surface area (Å²) in [5.41, 5.74) is 0. The van der Waals surface area contributed by atoms with Crippen LogP contribution in [-0.4, -0.2) is 24.6 Å². The SMILES string of the molecule is CCCCCN(C)c1ncc(CNC2CC2)s1. The Kier molecular flexibility index (Phi) is 4.80. The summed E-state index contributed by atoms with van der Waals surface area (Å²) in [6.07, 6.45) is 8.58. The van der Waals surface area contributed by atoms with Crippen molar-refractivity contribution in [2.24, 2.45) is 0 Å². The molecule has 4 heteroatoms. The van der Waals surface area contributed by atoms with Crippen LogP contribution in [-0.2, 0) is 6.54 Å². The predicted molar refractivity (Wildman–Crippen MR) is 74.8 cm³/mol. The Morgan fingerprint density at radius 2 is 2.29 bits per heavy atom. The van der Waals surface area contributed by atoms with Crippen LogP contribution in [0.15, 0.2) is 6.20 Å². The van der Waals surface area contributed by atoms with E-state index in [1.54, 1.807) is 0 Å². The highest BCUT2D eigenvalue weighted by Crippen LogP contribution is 2.24. The summed E-state index contributed by atoms with van der Waals surface area (Å²) in [7, 11) is 2.15. The molecule has 1 aromatic rings. The summed E-state index contributed by atoms with van der Waals surface area (Å²) in [5.74, 6) is 0. The first-order chi connectivity index (χ1) is 8.29. The maximum Gasteiger partial charge on any atom is 0.185 e. The molecule has 1 aliphatic rings. The summed E-state index contributed by atoms with van der Waals surface area (Å²) in [6, 6.07) is 0.780. The second-order valence-corrected chi connectivity index (χ2v) is 5.99. The zero-order chi connectivity index (χ0) is 12.1. The Balaban J connectivity index is 1.75. The van der Waals surface area contributed by atoms with E-state index in [1.165, 1.54) is 37.0 Å². The third-order valence-corrected chi connectivity index (χ3v) is 4.22. The van der Waals surface area contributed by atoms with Gasteiger partial charge in [0.15, 0.2) is 5.13 Å². The number of anilines is 1. The molecule has 1 N–H and O–H groups in total. The zero-order valence-electron chi connectivity index (χ0n) is 10.9. The molecule has 0 radical (unpaired) electrons. The van der Waals surface area contributed by atoms with Crippen molar-refractivity contribution in [3.63, 3.8) is 0 Å². The predicted octanol–water partition coefficient (Wildman–Crippen LogP) is 3.02. The molecule has 0 spiro atoms. The lowest BCUT2D eigenvalue weighted by Crippen LogP contribution is -2.17. The Morgan fingerprint density at radius 3 is 3.00 bits per heavy atom. The smallest absolute Gasteiger partial charge is 0.185 e. The fraction of sp³-hybridized carbons (Fsp3) is 0.769. The Labute approximate surface area is 108 Å². The van der Waals surface area contributed by atoms with Crippen molar-refractivity contribution in [3.8, 4) is 0 Å². The largest absolute Gasteiger partial charge is 0.351 e. The van der Waals surface area contributed by atoms with Gasteiger partial charge in [0.05, 0.1) is 0 Å². The van der Waals surface area contributed by atoms with E-state index < -0.39 is 0 Å². The van der Waals surface area contributed by atoms with E-state index in [0.717, 1.165) is 24.3 Å². The van der Waals surface area contributed by atoms with E-state index in [0.29, 0.717) is 0 Å². The number of hydrogen-bond donors (Lipinski definition) is 1. The number of aromatic nitrogens is 1. The first-order valence-electron chi connectivity index (χ1n) is 6.69. The van der Waals surface area contributed by atoms with Crippen molar-refractivity contribution in [2.75, 3.05) is 18.5 Å². The molecule has 96 valence electrons. The van der Waals surface area contributed by atoms with Crippen LogP contribution in [0.1, 0.15) is 43.9 Å². The van der Waals surface area contributed by atoms with E-state index in [4.69, 9.17) is 0 Å². The van der Waals surface area contributed by atoms with Gasteiger partial charge in [-0.2, -0.15) is 0 Å². The average Bonchev–Trinajstić information content (AvgIpc) is 3.04. The topological polar surface area (TPSA) is 28.2 Å². The lowest BCUT2D eigenvalue weighted by atomic mass is 10.2. The third-order valence-electron chi connectivity index (χ3n) is 3.11. The van der Waals surface area contributed by atoms with E-state index >= 15 is 0 Å². The van der Waals surface area contributed by atoms with Gasteiger partial charge in [0.25, 0.3) is 0 Å². The third kappa shape index (κ3) is 4.28. The fourth-order valence-electron chi connectivity index (χ4n) is 1.78. The van der Waals surface area contributed by atoms with Gasteiger partial charge < -0.3 is 10.2 Å². The van der Waals surface area contributed by atoms with E-state index in [1.807, 2.05) is 17.5 Å². The molecule has 1 fully saturated rings. The van der Waals surface area contributed by atoms with Crippen molar-refractivity contribution < 1.29 is 0 Å². The molecule has 17 heavy (non-hydrogen) atoms. The average molecular weight is 253 g/mol. The molecule has 0 aromatic carbocycles. The van der Waals surface area contributed by atoms with Crippen LogP contribution in [0, 0.1) is 0 Å². The monoisotopic (exact) mass is 253 g/mol. The zero-order valence-corrected chi connectivity index (χ0v) is 11.7. The van der Waals surface area contributed by atoms with E-state index in [9.17, 15) is 0 Å². The second-order valence-electron chi connectivity index (χ2n) is 4.89. The first kappa shape index (κ1) is 12.8. The van der Waals surface area contributed by atoms with Crippen LogP contribution in [0.2, 0.25) is 0 Å². The van der Waals surface area contributed by atoms with Crippen LogP contribution in [0.25, 0.3) is 0 Å². The standard InChI is InChI=1S/C13H23N3S/c1-3-4-5-8-16(2)13-15-10-12(17-13)9-14-11-6-7-11/h10-11,14H,3-9H2,1-2H3. The Bertz CT molecular complexity index is 333. The molecule has 1 saturated carbocycles. The highest BCUT2D eigenvalue weighted by atomic mass is 32.1. The minimum atomic E-state index is 0.780. The minimum absolute atomic E-state index is 0.780. The molecule has 0 saturated heterocycles. The molecule has 1 heterocycles. The van der Waals surface area contributed by atoms with Crippen molar-refractivity contribution >= 4 is 16.5 Å². The number of rotatable bonds is 8. The van der Waals surface area contributed by atoms with Crippen LogP contribution in [0.5, 0.6) is 0 Å². The highest BCUT2D eigenvalue weighted by molar-refractivity contribution is 7.15. The van der Waals surface area contributed by atoms with Crippen LogP contribution in [0.3, 0.4) is 0 Å². The molecular formula is C13H23N3S. The summed E-state index contributed by atoms with van der Waals surface area (Å²) in [4.78, 5) is 8.13. The molecule has 0 amide bonds. The summed E-state index contributed by atoms with van der Waals surface area (Å²) < 4.78 is 0. The lowest BCUT2D eigenvalue weighted by Gasteiger charge is -2.14. The number of unbranched alkanes of at least 4 members (excludes halogenated alkanes) is 2. The van der Waals surface area contributed by atoms with Crippen molar-refractivity contribution in [2.45, 2.75) is 51.6 Å². The maximum absolute atomic E-state index is 4.50. The molecule has 0 bridgehead atoms. The lowest BCUT2D eigenvalue weighted by molar-refractivity contribution is 0.694. The van der Waals surface area contributed by atoms with Crippen LogP contribution in [0.4, 0.5) is 5.13 Å². The molecule has 0 atom stereocenters. The van der Waals surface area contributed by atoms with Crippen molar-refractivity contribution in [1.82, 2.24) is 10.3 Å². The number of thiazole rings is 1. The van der Waals surface area contributed by atoms with E-state index in [-0.39, 0.29) is 0 Å². The summed E-state index contributed by atoms with van der Waals surface area (Å²) in [5, 5.41) is 4.69. The van der Waals surface area contributed by atoms with Crippen molar-refractivity contribution in [1.29, 1.82) is 0 Å². The Hall–Kier alpha value is -0.610. The molecular weight excluding hydrogens is 230 g/mol. The fourth-order valence-corrected chi connectivity index (χ4v) is 2.63. The van der Waals surface area contributed by atoms with Gasteiger partial charge in [0.2, 0.25) is 0 Å². The number of nitrogens with one attached hydrogen (secondary N) is 1. The second kappa shape index (κ2) is 6.36. The molecule has 1 aliphatic carbocycles. The van der Waals surface area contributed by atoms with Gasteiger partial charge in [0.1, 0.15) is 0 Å². The van der Waals surface area contributed by atoms with Gasteiger partial charge in [-0.05, 0) is 19.3 Å². The van der Waals surface area contributed by atoms with Gasteiger partial charge in [-0.1, -0.05) is 19.8 Å². The van der Waals surface area contributed by atoms with Crippen LogP contribution >= 0.6 is 11.3 Å². The van der Waals surface area contributed by atoms with Gasteiger partial charge in [-0.3, -0.25) is 0 Å². The van der Waals surface area contributed by atoms with Gasteiger partial charge in [0, 0.05) is 37.3 Å². The molecule has 3 nitrogen and oxygen atoms in total. The van der Waals surface area contributed by atoms with Crippen molar-refractivity contribution in [3.05, 3.63) is 11.1 Å². The highest BCUT2D eigenvalue weighted by Gasteiger charge is 2.20. The molecule has 2 rings (SSSR count). The number of hydrogen-bond acceptors (Lipinski definition) is 4. The van der Waals surface area contributed by atoms with Crippen LogP contribution < -0.4 is 10.2 Å². The summed E-state index contributed by atoms with van der Waals surface area (Å²) in [6.45, 7) is 4.35. The molecule has 0 aliphatic heterocycles. The number of nitrogens with zero attached hydrogens (tertiary/aromatic N) is 2. The molecule has 0 unspecified atom stereocenters. The van der Waals surface area contributed by atoms with Gasteiger partial charge in [-0.25, -0.2) is 4.98 Å². The first-order valence-corrected chi connectivity index (χ1v) is 7.50. The maximum atomic E-state index is 4.50. The minimum Gasteiger partial charge on any atom is -0.351 e. The normalized spacial score (nSPS) is 15.2.